The van der Waals surface area contributed by atoms with Crippen LogP contribution in [0.2, 0.25) is 0 Å². The van der Waals surface area contributed by atoms with Gasteiger partial charge in [0.1, 0.15) is 12.4 Å². The third-order valence-corrected chi connectivity index (χ3v) is 5.55. The van der Waals surface area contributed by atoms with Crippen LogP contribution in [0.15, 0.2) is 87.5 Å². The molecule has 9 heteroatoms. The van der Waals surface area contributed by atoms with E-state index in [0.29, 0.717) is 27.8 Å². The Morgan fingerprint density at radius 2 is 1.75 bits per heavy atom. The minimum absolute atomic E-state index is 0.0231. The molecule has 4 nitrogen and oxygen atoms in total. The fourth-order valence-electron chi connectivity index (χ4n) is 2.66. The molecule has 0 aliphatic heterocycles. The maximum absolute atomic E-state index is 12.9. The van der Waals surface area contributed by atoms with Crippen molar-refractivity contribution in [2.45, 2.75) is 18.5 Å². The second kappa shape index (κ2) is 11.2. The standard InChI is InChI=1S/C23H19BrF3N3OS/c24-20-9-10-21(31-14-17-7-4-8-19(11-17)23(25,26)27)18(12-20)13-29-30-22(28)32-15-16-5-2-1-3-6-16/h1-13H,14-15H2,(H2,28,30). The average Bonchev–Trinajstić information content (AvgIpc) is 2.77. The third-order valence-electron chi connectivity index (χ3n) is 4.20. The molecule has 166 valence electrons. The Hall–Kier alpha value is -2.78. The van der Waals surface area contributed by atoms with Crippen molar-refractivity contribution in [2.24, 2.45) is 15.9 Å². The Morgan fingerprint density at radius 1 is 1.00 bits per heavy atom. The van der Waals surface area contributed by atoms with E-state index in [-0.39, 0.29) is 6.61 Å². The number of ether oxygens (including phenoxy) is 1. The fourth-order valence-corrected chi connectivity index (χ4v) is 3.65. The van der Waals surface area contributed by atoms with Gasteiger partial charge >= 0.3 is 6.18 Å². The van der Waals surface area contributed by atoms with E-state index in [1.807, 2.05) is 30.3 Å². The van der Waals surface area contributed by atoms with Gasteiger partial charge in [0.05, 0.1) is 11.8 Å². The summed E-state index contributed by atoms with van der Waals surface area (Å²) in [5.74, 6) is 1.13. The smallest absolute Gasteiger partial charge is 0.416 e. The number of nitrogens with zero attached hydrogens (tertiary/aromatic N) is 2. The number of nitrogens with two attached hydrogens (primary N) is 1. The largest absolute Gasteiger partial charge is 0.488 e. The average molecular weight is 522 g/mol. The highest BCUT2D eigenvalue weighted by Crippen LogP contribution is 2.30. The number of thioether (sulfide) groups is 1. The SMILES string of the molecule is NC(=NN=Cc1cc(Br)ccc1OCc1cccc(C(F)(F)F)c1)SCc1ccccc1. The van der Waals surface area contributed by atoms with E-state index < -0.39 is 11.7 Å². The number of alkyl halides is 3. The maximum atomic E-state index is 12.9. The monoisotopic (exact) mass is 521 g/mol. The molecule has 0 radical (unpaired) electrons. The van der Waals surface area contributed by atoms with Crippen LogP contribution in [-0.4, -0.2) is 11.4 Å². The van der Waals surface area contributed by atoms with Crippen LogP contribution >= 0.6 is 27.7 Å². The molecule has 0 aliphatic carbocycles. The number of hydrogen-bond acceptors (Lipinski definition) is 4. The van der Waals surface area contributed by atoms with E-state index in [1.54, 1.807) is 24.3 Å². The summed E-state index contributed by atoms with van der Waals surface area (Å²) < 4.78 is 45.3. The molecule has 3 aromatic rings. The zero-order valence-electron chi connectivity index (χ0n) is 16.7. The summed E-state index contributed by atoms with van der Waals surface area (Å²) in [5, 5.41) is 8.33. The lowest BCUT2D eigenvalue weighted by atomic mass is 10.1. The van der Waals surface area contributed by atoms with Gasteiger partial charge in [0.15, 0.2) is 5.17 Å². The highest BCUT2D eigenvalue weighted by Gasteiger charge is 2.30. The molecule has 0 aliphatic rings. The predicted molar refractivity (Wildman–Crippen MR) is 127 cm³/mol. The number of hydrogen-bond donors (Lipinski definition) is 1. The molecular weight excluding hydrogens is 503 g/mol. The first kappa shape index (κ1) is 23.9. The van der Waals surface area contributed by atoms with Crippen LogP contribution in [0.1, 0.15) is 22.3 Å². The summed E-state index contributed by atoms with van der Waals surface area (Å²) >= 11 is 4.75. The summed E-state index contributed by atoms with van der Waals surface area (Å²) in [6, 6.07) is 20.1. The molecule has 0 fully saturated rings. The first-order chi connectivity index (χ1) is 15.3. The summed E-state index contributed by atoms with van der Waals surface area (Å²) in [6.45, 7) is -0.0231. The van der Waals surface area contributed by atoms with Crippen molar-refractivity contribution in [2.75, 3.05) is 0 Å². The van der Waals surface area contributed by atoms with Gasteiger partial charge in [-0.05, 0) is 41.5 Å². The van der Waals surface area contributed by atoms with E-state index in [4.69, 9.17) is 10.5 Å². The molecule has 3 rings (SSSR count). The van der Waals surface area contributed by atoms with E-state index in [1.165, 1.54) is 24.0 Å². The third kappa shape index (κ3) is 7.42. The van der Waals surface area contributed by atoms with Crippen molar-refractivity contribution in [3.63, 3.8) is 0 Å². The highest BCUT2D eigenvalue weighted by atomic mass is 79.9. The topological polar surface area (TPSA) is 60.0 Å². The van der Waals surface area contributed by atoms with Crippen LogP contribution in [0.5, 0.6) is 5.75 Å². The second-order valence-corrected chi connectivity index (χ2v) is 8.54. The summed E-state index contributed by atoms with van der Waals surface area (Å²) in [6.07, 6.45) is -2.91. The minimum Gasteiger partial charge on any atom is -0.488 e. The quantitative estimate of drug-likeness (QED) is 0.215. The van der Waals surface area contributed by atoms with Gasteiger partial charge in [0.2, 0.25) is 0 Å². The summed E-state index contributed by atoms with van der Waals surface area (Å²) in [7, 11) is 0. The molecule has 0 atom stereocenters. The Labute approximate surface area is 196 Å². The molecule has 0 saturated heterocycles. The van der Waals surface area contributed by atoms with E-state index in [2.05, 4.69) is 26.1 Å². The van der Waals surface area contributed by atoms with Gasteiger partial charge in [0, 0.05) is 15.8 Å². The van der Waals surface area contributed by atoms with Crippen LogP contribution in [0.4, 0.5) is 13.2 Å². The zero-order valence-corrected chi connectivity index (χ0v) is 19.1. The molecule has 32 heavy (non-hydrogen) atoms. The van der Waals surface area contributed by atoms with Crippen molar-refractivity contribution in [3.05, 3.63) is 99.5 Å². The molecule has 0 aromatic heterocycles. The fraction of sp³-hybridized carbons (Fsp3) is 0.130. The predicted octanol–water partition coefficient (Wildman–Crippen LogP) is 6.63. The lowest BCUT2D eigenvalue weighted by molar-refractivity contribution is -0.137. The Balaban J connectivity index is 1.66. The molecule has 2 N–H and O–H groups in total. The first-order valence-corrected chi connectivity index (χ1v) is 11.2. The van der Waals surface area contributed by atoms with Crippen molar-refractivity contribution >= 4 is 39.1 Å². The van der Waals surface area contributed by atoms with Crippen molar-refractivity contribution in [1.82, 2.24) is 0 Å². The van der Waals surface area contributed by atoms with Gasteiger partial charge in [-0.15, -0.1) is 5.10 Å². The zero-order chi connectivity index (χ0) is 23.0. The van der Waals surface area contributed by atoms with Gasteiger partial charge < -0.3 is 10.5 Å². The summed E-state index contributed by atoms with van der Waals surface area (Å²) in [5.41, 5.74) is 7.33. The van der Waals surface area contributed by atoms with Gasteiger partial charge in [-0.25, -0.2) is 0 Å². The minimum atomic E-state index is -4.40. The van der Waals surface area contributed by atoms with E-state index in [0.717, 1.165) is 22.2 Å². The number of benzene rings is 3. The molecule has 0 bridgehead atoms. The maximum Gasteiger partial charge on any atom is 0.416 e. The van der Waals surface area contributed by atoms with Crippen LogP contribution in [-0.2, 0) is 18.5 Å². The number of halogens is 4. The molecule has 0 amide bonds. The van der Waals surface area contributed by atoms with Gasteiger partial charge in [-0.1, -0.05) is 70.2 Å². The lowest BCUT2D eigenvalue weighted by Gasteiger charge is -2.11. The number of rotatable bonds is 7. The molecule has 0 unspecified atom stereocenters. The van der Waals surface area contributed by atoms with Gasteiger partial charge in [0.25, 0.3) is 0 Å². The lowest BCUT2D eigenvalue weighted by Crippen LogP contribution is -2.06. The second-order valence-electron chi connectivity index (χ2n) is 6.63. The van der Waals surface area contributed by atoms with Crippen molar-refractivity contribution in [3.8, 4) is 5.75 Å². The number of amidine groups is 1. The Bertz CT molecular complexity index is 1110. The van der Waals surface area contributed by atoms with Crippen LogP contribution in [0, 0.1) is 0 Å². The highest BCUT2D eigenvalue weighted by molar-refractivity contribution is 9.10. The molecule has 0 saturated carbocycles. The van der Waals surface area contributed by atoms with Gasteiger partial charge in [-0.3, -0.25) is 0 Å². The summed E-state index contributed by atoms with van der Waals surface area (Å²) in [4.78, 5) is 0. The van der Waals surface area contributed by atoms with Crippen molar-refractivity contribution < 1.29 is 17.9 Å². The van der Waals surface area contributed by atoms with Crippen LogP contribution in [0.25, 0.3) is 0 Å². The molecule has 0 spiro atoms. The Morgan fingerprint density at radius 3 is 2.50 bits per heavy atom. The normalized spacial score (nSPS) is 12.3. The first-order valence-electron chi connectivity index (χ1n) is 9.43. The van der Waals surface area contributed by atoms with E-state index in [9.17, 15) is 13.2 Å². The van der Waals surface area contributed by atoms with Crippen LogP contribution in [0.3, 0.4) is 0 Å². The molecule has 3 aromatic carbocycles. The molecule has 0 heterocycles. The van der Waals surface area contributed by atoms with Crippen LogP contribution < -0.4 is 10.5 Å². The Kier molecular flexibility index (Phi) is 8.35. The van der Waals surface area contributed by atoms with Crippen molar-refractivity contribution in [1.29, 1.82) is 0 Å². The molecular formula is C23H19BrF3N3OS. The van der Waals surface area contributed by atoms with E-state index >= 15 is 0 Å². The van der Waals surface area contributed by atoms with Gasteiger partial charge in [-0.2, -0.15) is 18.3 Å².